The summed E-state index contributed by atoms with van der Waals surface area (Å²) in [6.45, 7) is 2.28. The second-order valence-corrected chi connectivity index (χ2v) is 9.05. The van der Waals surface area contributed by atoms with Crippen LogP contribution in [0.25, 0.3) is 11.1 Å². The van der Waals surface area contributed by atoms with Crippen molar-refractivity contribution in [1.29, 1.82) is 0 Å². The normalized spacial score (nSPS) is 14.9. The van der Waals surface area contributed by atoms with E-state index >= 15 is 0 Å². The standard InChI is InChI=1S/C29H28N4O4/c1-21-18-27(34)33(30-21)32(25-15-8-14-24(19-25)23-12-6-3-7-13-23)28(35)26-16-9-17-31(26)29(36)37-20-22-10-4-2-5-11-22/h2-8,10-15,18-19,26,30H,9,16-17,20H2,1H3. The van der Waals surface area contributed by atoms with Gasteiger partial charge < -0.3 is 4.74 Å². The van der Waals surface area contributed by atoms with Crippen LogP contribution in [0.3, 0.4) is 0 Å². The van der Waals surface area contributed by atoms with Crippen molar-refractivity contribution in [3.8, 4) is 11.1 Å². The number of aryl methyl sites for hydroxylation is 1. The minimum Gasteiger partial charge on any atom is -0.445 e. The second-order valence-electron chi connectivity index (χ2n) is 9.05. The number of aromatic amines is 1. The first-order valence-electron chi connectivity index (χ1n) is 12.3. The van der Waals surface area contributed by atoms with Crippen molar-refractivity contribution in [3.05, 3.63) is 113 Å². The summed E-state index contributed by atoms with van der Waals surface area (Å²) in [4.78, 5) is 42.5. The van der Waals surface area contributed by atoms with Gasteiger partial charge in [-0.05, 0) is 48.6 Å². The minimum atomic E-state index is -0.765. The average molecular weight is 497 g/mol. The van der Waals surface area contributed by atoms with E-state index in [4.69, 9.17) is 4.74 Å². The predicted molar refractivity (Wildman–Crippen MR) is 141 cm³/mol. The van der Waals surface area contributed by atoms with Gasteiger partial charge in [0.25, 0.3) is 11.5 Å². The highest BCUT2D eigenvalue weighted by atomic mass is 16.6. The van der Waals surface area contributed by atoms with Gasteiger partial charge in [-0.2, -0.15) is 5.01 Å². The first kappa shape index (κ1) is 24.1. The van der Waals surface area contributed by atoms with E-state index in [0.717, 1.165) is 16.7 Å². The lowest BCUT2D eigenvalue weighted by molar-refractivity contribution is -0.123. The zero-order chi connectivity index (χ0) is 25.8. The molecule has 8 nitrogen and oxygen atoms in total. The van der Waals surface area contributed by atoms with Crippen LogP contribution in [0.5, 0.6) is 0 Å². The minimum absolute atomic E-state index is 0.120. The van der Waals surface area contributed by atoms with E-state index in [0.29, 0.717) is 30.8 Å². The lowest BCUT2D eigenvalue weighted by atomic mass is 10.0. The van der Waals surface area contributed by atoms with Gasteiger partial charge in [-0.3, -0.25) is 19.6 Å². The number of nitrogens with zero attached hydrogens (tertiary/aromatic N) is 3. The fourth-order valence-electron chi connectivity index (χ4n) is 4.62. The molecule has 0 saturated carbocycles. The summed E-state index contributed by atoms with van der Waals surface area (Å²) >= 11 is 0. The molecule has 1 aliphatic heterocycles. The lowest BCUT2D eigenvalue weighted by Gasteiger charge is -2.30. The number of aromatic nitrogens is 2. The molecule has 0 radical (unpaired) electrons. The van der Waals surface area contributed by atoms with Crippen LogP contribution >= 0.6 is 0 Å². The van der Waals surface area contributed by atoms with Gasteiger partial charge in [0.2, 0.25) is 0 Å². The molecular weight excluding hydrogens is 468 g/mol. The van der Waals surface area contributed by atoms with Crippen LogP contribution in [0.15, 0.2) is 95.8 Å². The molecule has 1 saturated heterocycles. The van der Waals surface area contributed by atoms with Gasteiger partial charge in [0.1, 0.15) is 12.6 Å². The molecule has 1 fully saturated rings. The topological polar surface area (TPSA) is 87.6 Å². The summed E-state index contributed by atoms with van der Waals surface area (Å²) in [5.74, 6) is -0.386. The second kappa shape index (κ2) is 10.6. The monoisotopic (exact) mass is 496 g/mol. The van der Waals surface area contributed by atoms with Crippen LogP contribution in [-0.4, -0.2) is 39.4 Å². The number of carbonyl (C=O) groups is 2. The number of rotatable bonds is 6. The largest absolute Gasteiger partial charge is 0.445 e. The number of nitrogens with one attached hydrogen (secondary N) is 1. The third-order valence-electron chi connectivity index (χ3n) is 6.42. The third kappa shape index (κ3) is 5.18. The molecule has 5 rings (SSSR count). The molecule has 0 bridgehead atoms. The van der Waals surface area contributed by atoms with Crippen molar-refractivity contribution in [2.75, 3.05) is 11.6 Å². The number of anilines is 1. The van der Waals surface area contributed by atoms with Crippen LogP contribution in [0.1, 0.15) is 24.1 Å². The first-order chi connectivity index (χ1) is 18.0. The molecule has 2 amide bonds. The molecule has 37 heavy (non-hydrogen) atoms. The Bertz CT molecular complexity index is 1450. The Morgan fingerprint density at radius 2 is 1.65 bits per heavy atom. The zero-order valence-corrected chi connectivity index (χ0v) is 20.5. The quantitative estimate of drug-likeness (QED) is 0.417. The molecule has 8 heteroatoms. The molecule has 3 aromatic carbocycles. The highest BCUT2D eigenvalue weighted by Crippen LogP contribution is 2.28. The Morgan fingerprint density at radius 1 is 0.946 bits per heavy atom. The number of likely N-dealkylation sites (tertiary alicyclic amines) is 1. The number of benzene rings is 3. The SMILES string of the molecule is Cc1cc(=O)n(N(C(=O)C2CCCN2C(=O)OCc2ccccc2)c2cccc(-c3ccccc3)c2)[nH]1. The number of hydrogen-bond acceptors (Lipinski definition) is 4. The number of ether oxygens (including phenoxy) is 1. The van der Waals surface area contributed by atoms with Gasteiger partial charge in [0.05, 0.1) is 5.69 Å². The molecule has 188 valence electrons. The van der Waals surface area contributed by atoms with E-state index in [2.05, 4.69) is 5.10 Å². The molecule has 1 aliphatic rings. The maximum Gasteiger partial charge on any atom is 0.410 e. The van der Waals surface area contributed by atoms with Crippen molar-refractivity contribution in [2.45, 2.75) is 32.4 Å². The molecule has 4 aromatic rings. The van der Waals surface area contributed by atoms with Crippen molar-refractivity contribution < 1.29 is 14.3 Å². The Kier molecular flexibility index (Phi) is 6.89. The van der Waals surface area contributed by atoms with Crippen LogP contribution in [0.2, 0.25) is 0 Å². The molecule has 0 aliphatic carbocycles. The maximum absolute atomic E-state index is 14.0. The van der Waals surface area contributed by atoms with Crippen LogP contribution in [0.4, 0.5) is 10.5 Å². The molecule has 0 spiro atoms. The lowest BCUT2D eigenvalue weighted by Crippen LogP contribution is -2.52. The van der Waals surface area contributed by atoms with Crippen LogP contribution < -0.4 is 10.6 Å². The van der Waals surface area contributed by atoms with Crippen molar-refractivity contribution in [3.63, 3.8) is 0 Å². The summed E-state index contributed by atoms with van der Waals surface area (Å²) in [5.41, 5.74) is 3.52. The van der Waals surface area contributed by atoms with E-state index in [1.54, 1.807) is 13.0 Å². The van der Waals surface area contributed by atoms with E-state index < -0.39 is 12.1 Å². The van der Waals surface area contributed by atoms with Gasteiger partial charge in [-0.15, -0.1) is 4.79 Å². The van der Waals surface area contributed by atoms with E-state index in [1.165, 1.54) is 20.8 Å². The molecular formula is C29H28N4O4. The van der Waals surface area contributed by atoms with Gasteiger partial charge in [0.15, 0.2) is 0 Å². The van der Waals surface area contributed by atoms with Gasteiger partial charge in [0, 0.05) is 18.3 Å². The van der Waals surface area contributed by atoms with Crippen molar-refractivity contribution >= 4 is 17.7 Å². The number of carbonyl (C=O) groups excluding carboxylic acids is 2. The van der Waals surface area contributed by atoms with Crippen LogP contribution in [-0.2, 0) is 16.1 Å². The smallest absolute Gasteiger partial charge is 0.410 e. The highest BCUT2D eigenvalue weighted by molar-refractivity contribution is 5.99. The number of H-pyrrole nitrogens is 1. The Hall–Kier alpha value is -4.59. The van der Waals surface area contributed by atoms with Crippen molar-refractivity contribution in [1.82, 2.24) is 14.8 Å². The summed E-state index contributed by atoms with van der Waals surface area (Å²) in [6.07, 6.45) is 0.586. The fraction of sp³-hybridized carbons (Fsp3) is 0.207. The van der Waals surface area contributed by atoms with Gasteiger partial charge in [-0.25, -0.2) is 4.79 Å². The third-order valence-corrected chi connectivity index (χ3v) is 6.42. The van der Waals surface area contributed by atoms with Gasteiger partial charge in [-0.1, -0.05) is 72.8 Å². The predicted octanol–water partition coefficient (Wildman–Crippen LogP) is 4.75. The fourth-order valence-corrected chi connectivity index (χ4v) is 4.62. The highest BCUT2D eigenvalue weighted by Gasteiger charge is 2.39. The summed E-state index contributed by atoms with van der Waals surface area (Å²) in [5, 5.41) is 4.30. The van der Waals surface area contributed by atoms with E-state index in [1.807, 2.05) is 78.9 Å². The number of hydrogen-bond donors (Lipinski definition) is 1. The number of amides is 2. The van der Waals surface area contributed by atoms with Gasteiger partial charge >= 0.3 is 6.09 Å². The molecule has 1 aromatic heterocycles. The Morgan fingerprint density at radius 3 is 2.35 bits per heavy atom. The summed E-state index contributed by atoms with van der Waals surface area (Å²) < 4.78 is 5.53. The average Bonchev–Trinajstić information content (AvgIpc) is 3.55. The molecule has 1 unspecified atom stereocenters. The Labute approximate surface area is 214 Å². The Balaban J connectivity index is 1.46. The van der Waals surface area contributed by atoms with E-state index in [9.17, 15) is 14.4 Å². The van der Waals surface area contributed by atoms with Crippen molar-refractivity contribution in [2.24, 2.45) is 0 Å². The molecule has 1 atom stereocenters. The zero-order valence-electron chi connectivity index (χ0n) is 20.5. The summed E-state index contributed by atoms with van der Waals surface area (Å²) in [6, 6.07) is 27.3. The molecule has 1 N–H and O–H groups in total. The maximum atomic E-state index is 14.0. The molecule has 2 heterocycles. The summed E-state index contributed by atoms with van der Waals surface area (Å²) in [7, 11) is 0. The first-order valence-corrected chi connectivity index (χ1v) is 12.3. The van der Waals surface area contributed by atoms with E-state index in [-0.39, 0.29) is 18.1 Å². The van der Waals surface area contributed by atoms with Crippen LogP contribution in [0, 0.1) is 6.92 Å².